The van der Waals surface area contributed by atoms with E-state index in [2.05, 4.69) is 19.8 Å². The second-order valence-corrected chi connectivity index (χ2v) is 6.38. The fourth-order valence-corrected chi connectivity index (χ4v) is 3.47. The zero-order valence-electron chi connectivity index (χ0n) is 14.5. The molecule has 0 unspecified atom stereocenters. The Labute approximate surface area is 151 Å². The summed E-state index contributed by atoms with van der Waals surface area (Å²) in [6, 6.07) is 13.1. The van der Waals surface area contributed by atoms with E-state index < -0.39 is 0 Å². The Bertz CT molecular complexity index is 953. The van der Waals surface area contributed by atoms with E-state index in [-0.39, 0.29) is 10.6 Å². The fourth-order valence-electron chi connectivity index (χ4n) is 3.47. The van der Waals surface area contributed by atoms with Crippen LogP contribution in [0.4, 0.5) is 17.2 Å². The zero-order valence-corrected chi connectivity index (χ0v) is 14.5. The van der Waals surface area contributed by atoms with Gasteiger partial charge in [0.15, 0.2) is 5.52 Å². The lowest BCUT2D eigenvalue weighted by molar-refractivity contribution is -0.383. The number of aromatic nitrogens is 2. The van der Waals surface area contributed by atoms with E-state index in [0.29, 0.717) is 5.52 Å². The first kappa shape index (κ1) is 16.3. The molecule has 7 nitrogen and oxygen atoms in total. The Morgan fingerprint density at radius 3 is 2.50 bits per heavy atom. The van der Waals surface area contributed by atoms with Gasteiger partial charge in [-0.2, -0.15) is 0 Å². The molecule has 0 spiro atoms. The average molecular weight is 349 g/mol. The number of nitrogens with zero attached hydrogens (tertiary/aromatic N) is 5. The molecule has 2 aromatic heterocycles. The molecule has 0 amide bonds. The van der Waals surface area contributed by atoms with E-state index in [4.69, 9.17) is 0 Å². The number of hydrogen-bond acceptors (Lipinski definition) is 6. The van der Waals surface area contributed by atoms with Gasteiger partial charge in [0.25, 0.3) is 5.69 Å². The van der Waals surface area contributed by atoms with Gasteiger partial charge in [0.05, 0.1) is 4.92 Å². The highest BCUT2D eigenvalue weighted by Crippen LogP contribution is 2.32. The van der Waals surface area contributed by atoms with Crippen LogP contribution in [-0.4, -0.2) is 41.1 Å². The second-order valence-electron chi connectivity index (χ2n) is 6.38. The number of nitro benzene ring substituents is 1. The van der Waals surface area contributed by atoms with Crippen LogP contribution in [0.5, 0.6) is 0 Å². The minimum atomic E-state index is -0.364. The standard InChI is InChI=1S/C19H19N5O2/c1-14-13-17(15-5-4-6-16(24(25)26)19(15)21-14)22-9-11-23(12-10-22)18-7-2-3-8-20-18/h2-8,13H,9-12H2,1H3. The summed E-state index contributed by atoms with van der Waals surface area (Å²) in [5.74, 6) is 0.985. The van der Waals surface area contributed by atoms with Crippen LogP contribution in [0.25, 0.3) is 10.9 Å². The summed E-state index contributed by atoms with van der Waals surface area (Å²) in [5.41, 5.74) is 2.31. The molecule has 0 atom stereocenters. The third kappa shape index (κ3) is 2.92. The number of anilines is 2. The van der Waals surface area contributed by atoms with Crippen molar-refractivity contribution in [1.82, 2.24) is 9.97 Å². The number of para-hydroxylation sites is 1. The summed E-state index contributed by atoms with van der Waals surface area (Å²) in [7, 11) is 0. The minimum absolute atomic E-state index is 0.0552. The highest BCUT2D eigenvalue weighted by atomic mass is 16.6. The average Bonchev–Trinajstić information content (AvgIpc) is 2.67. The van der Waals surface area contributed by atoms with Crippen molar-refractivity contribution in [3.8, 4) is 0 Å². The number of non-ortho nitro benzene ring substituents is 1. The fraction of sp³-hybridized carbons (Fsp3) is 0.263. The van der Waals surface area contributed by atoms with E-state index in [1.165, 1.54) is 6.07 Å². The van der Waals surface area contributed by atoms with Crippen molar-refractivity contribution in [2.24, 2.45) is 0 Å². The number of nitro groups is 1. The van der Waals surface area contributed by atoms with Gasteiger partial charge in [-0.15, -0.1) is 0 Å². The van der Waals surface area contributed by atoms with Crippen molar-refractivity contribution in [2.45, 2.75) is 6.92 Å². The number of pyridine rings is 2. The molecule has 1 aliphatic rings. The molecule has 26 heavy (non-hydrogen) atoms. The molecule has 132 valence electrons. The molecule has 0 N–H and O–H groups in total. The number of fused-ring (bicyclic) bond motifs is 1. The predicted molar refractivity (Wildman–Crippen MR) is 102 cm³/mol. The zero-order chi connectivity index (χ0) is 18.1. The van der Waals surface area contributed by atoms with Crippen molar-refractivity contribution >= 4 is 28.1 Å². The van der Waals surface area contributed by atoms with Crippen LogP contribution in [0.1, 0.15) is 5.69 Å². The van der Waals surface area contributed by atoms with Crippen molar-refractivity contribution in [3.05, 3.63) is 64.5 Å². The molecular weight excluding hydrogens is 330 g/mol. The molecule has 0 aliphatic carbocycles. The maximum absolute atomic E-state index is 11.4. The smallest absolute Gasteiger partial charge is 0.295 e. The Kier molecular flexibility index (Phi) is 4.12. The molecule has 1 saturated heterocycles. The van der Waals surface area contributed by atoms with Crippen molar-refractivity contribution < 1.29 is 4.92 Å². The van der Waals surface area contributed by atoms with Gasteiger partial charge in [0, 0.05) is 55.2 Å². The SMILES string of the molecule is Cc1cc(N2CCN(c3ccccn3)CC2)c2cccc([N+](=O)[O-])c2n1. The largest absolute Gasteiger partial charge is 0.367 e. The summed E-state index contributed by atoms with van der Waals surface area (Å²) >= 11 is 0. The van der Waals surface area contributed by atoms with Crippen molar-refractivity contribution in [3.63, 3.8) is 0 Å². The number of rotatable bonds is 3. The highest BCUT2D eigenvalue weighted by Gasteiger charge is 2.22. The Morgan fingerprint density at radius 1 is 1.04 bits per heavy atom. The molecule has 0 bridgehead atoms. The summed E-state index contributed by atoms with van der Waals surface area (Å²) in [6.07, 6.45) is 1.81. The van der Waals surface area contributed by atoms with Gasteiger partial charge < -0.3 is 9.80 Å². The van der Waals surface area contributed by atoms with Crippen LogP contribution in [0, 0.1) is 17.0 Å². The van der Waals surface area contributed by atoms with Crippen molar-refractivity contribution in [2.75, 3.05) is 36.0 Å². The topological polar surface area (TPSA) is 75.4 Å². The number of piperazine rings is 1. The third-order valence-electron chi connectivity index (χ3n) is 4.71. The maximum Gasteiger partial charge on any atom is 0.295 e. The third-order valence-corrected chi connectivity index (χ3v) is 4.71. The molecule has 1 fully saturated rings. The Hall–Kier alpha value is -3.22. The molecule has 1 aromatic carbocycles. The Morgan fingerprint density at radius 2 is 1.81 bits per heavy atom. The Balaban J connectivity index is 1.66. The number of hydrogen-bond donors (Lipinski definition) is 0. The molecule has 1 aliphatic heterocycles. The second kappa shape index (κ2) is 6.59. The monoisotopic (exact) mass is 349 g/mol. The van der Waals surface area contributed by atoms with Crippen LogP contribution < -0.4 is 9.80 Å². The molecule has 0 saturated carbocycles. The van der Waals surface area contributed by atoms with Crippen molar-refractivity contribution in [1.29, 1.82) is 0 Å². The summed E-state index contributed by atoms with van der Waals surface area (Å²) in [6.45, 7) is 5.25. The predicted octanol–water partition coefficient (Wildman–Crippen LogP) is 3.17. The van der Waals surface area contributed by atoms with Crippen LogP contribution in [0.2, 0.25) is 0 Å². The normalized spacial score (nSPS) is 14.7. The lowest BCUT2D eigenvalue weighted by Gasteiger charge is -2.37. The van der Waals surface area contributed by atoms with E-state index in [0.717, 1.165) is 48.8 Å². The van der Waals surface area contributed by atoms with Gasteiger partial charge in [0.2, 0.25) is 0 Å². The lowest BCUT2D eigenvalue weighted by Crippen LogP contribution is -2.46. The number of benzene rings is 1. The van der Waals surface area contributed by atoms with E-state index in [1.807, 2.05) is 37.3 Å². The highest BCUT2D eigenvalue weighted by molar-refractivity contribution is 5.97. The molecular formula is C19H19N5O2. The minimum Gasteiger partial charge on any atom is -0.367 e. The molecule has 0 radical (unpaired) electrons. The van der Waals surface area contributed by atoms with Crippen LogP contribution >= 0.6 is 0 Å². The first-order chi connectivity index (χ1) is 12.6. The number of aryl methyl sites for hydroxylation is 1. The van der Waals surface area contributed by atoms with Gasteiger partial charge in [-0.3, -0.25) is 10.1 Å². The van der Waals surface area contributed by atoms with Gasteiger partial charge >= 0.3 is 0 Å². The van der Waals surface area contributed by atoms with Crippen LogP contribution in [0.15, 0.2) is 48.7 Å². The molecule has 7 heteroatoms. The molecule has 3 aromatic rings. The van der Waals surface area contributed by atoms with Gasteiger partial charge in [0.1, 0.15) is 5.82 Å². The van der Waals surface area contributed by atoms with E-state index >= 15 is 0 Å². The quantitative estimate of drug-likeness (QED) is 0.534. The molecule has 3 heterocycles. The molecule has 4 rings (SSSR count). The lowest BCUT2D eigenvalue weighted by atomic mass is 10.1. The van der Waals surface area contributed by atoms with Crippen LogP contribution in [0.3, 0.4) is 0 Å². The van der Waals surface area contributed by atoms with Gasteiger partial charge in [-0.25, -0.2) is 9.97 Å². The summed E-state index contributed by atoms with van der Waals surface area (Å²) in [4.78, 5) is 24.4. The van der Waals surface area contributed by atoms with Gasteiger partial charge in [-0.05, 0) is 25.1 Å². The first-order valence-corrected chi connectivity index (χ1v) is 8.59. The van der Waals surface area contributed by atoms with E-state index in [1.54, 1.807) is 12.3 Å². The maximum atomic E-state index is 11.4. The summed E-state index contributed by atoms with van der Waals surface area (Å²) in [5, 5.41) is 12.2. The van der Waals surface area contributed by atoms with E-state index in [9.17, 15) is 10.1 Å². The first-order valence-electron chi connectivity index (χ1n) is 8.59. The van der Waals surface area contributed by atoms with Gasteiger partial charge in [-0.1, -0.05) is 18.2 Å². The van der Waals surface area contributed by atoms with Crippen LogP contribution in [-0.2, 0) is 0 Å². The summed E-state index contributed by atoms with van der Waals surface area (Å²) < 4.78 is 0.